The fourth-order valence-corrected chi connectivity index (χ4v) is 4.20. The van der Waals surface area contributed by atoms with E-state index < -0.39 is 0 Å². The second-order valence-corrected chi connectivity index (χ2v) is 7.97. The van der Waals surface area contributed by atoms with Crippen molar-refractivity contribution in [2.45, 2.75) is 45.4 Å². The Labute approximate surface area is 170 Å². The number of nitrogens with zero attached hydrogens (tertiary/aromatic N) is 3. The molecule has 6 heteroatoms. The van der Waals surface area contributed by atoms with Gasteiger partial charge in [-0.2, -0.15) is 0 Å². The number of guanidine groups is 1. The van der Waals surface area contributed by atoms with E-state index in [4.69, 9.17) is 14.1 Å². The number of aliphatic imine (C=N–C) groups is 1. The summed E-state index contributed by atoms with van der Waals surface area (Å²) in [5.74, 6) is 2.84. The van der Waals surface area contributed by atoms with Crippen LogP contribution in [0.4, 0.5) is 0 Å². The van der Waals surface area contributed by atoms with Crippen LogP contribution < -0.4 is 5.32 Å². The Morgan fingerprint density at radius 2 is 2.18 bits per heavy atom. The number of piperidine rings is 1. The Morgan fingerprint density at radius 3 is 2.96 bits per heavy atom. The average Bonchev–Trinajstić information content (AvgIpc) is 3.39. The normalized spacial score (nSPS) is 21.4. The number of rotatable bonds is 10. The fraction of sp³-hybridized carbons (Fsp3) is 0.773. The van der Waals surface area contributed by atoms with Crippen molar-refractivity contribution in [2.24, 2.45) is 10.9 Å². The minimum Gasteiger partial charge on any atom is -0.469 e. The molecule has 0 aliphatic carbocycles. The molecular weight excluding hydrogens is 352 g/mol. The Bertz CT molecular complexity index is 555. The van der Waals surface area contributed by atoms with E-state index in [0.717, 1.165) is 69.9 Å². The van der Waals surface area contributed by atoms with Gasteiger partial charge in [0, 0.05) is 52.4 Å². The number of ether oxygens (including phenoxy) is 1. The van der Waals surface area contributed by atoms with Crippen LogP contribution >= 0.6 is 0 Å². The first kappa shape index (κ1) is 21.2. The van der Waals surface area contributed by atoms with Gasteiger partial charge in [0.05, 0.1) is 6.26 Å². The molecule has 2 aliphatic rings. The van der Waals surface area contributed by atoms with Crippen molar-refractivity contribution in [2.75, 3.05) is 59.0 Å². The molecule has 1 unspecified atom stereocenters. The predicted molar refractivity (Wildman–Crippen MR) is 114 cm³/mol. The van der Waals surface area contributed by atoms with Gasteiger partial charge in [-0.1, -0.05) is 6.42 Å². The Kier molecular flexibility index (Phi) is 9.17. The van der Waals surface area contributed by atoms with Gasteiger partial charge in [-0.3, -0.25) is 4.99 Å². The molecule has 1 N–H and O–H groups in total. The molecule has 1 aromatic rings. The monoisotopic (exact) mass is 390 g/mol. The lowest BCUT2D eigenvalue weighted by molar-refractivity contribution is 0.146. The van der Waals surface area contributed by atoms with Crippen LogP contribution in [0, 0.1) is 5.92 Å². The molecule has 1 aromatic heterocycles. The van der Waals surface area contributed by atoms with E-state index in [1.807, 2.05) is 19.1 Å². The highest BCUT2D eigenvalue weighted by Gasteiger charge is 2.27. The molecule has 0 aromatic carbocycles. The summed E-state index contributed by atoms with van der Waals surface area (Å²) in [6, 6.07) is 3.98. The highest BCUT2D eigenvalue weighted by Crippen LogP contribution is 2.20. The van der Waals surface area contributed by atoms with Crippen LogP contribution in [0.25, 0.3) is 0 Å². The van der Waals surface area contributed by atoms with E-state index in [-0.39, 0.29) is 0 Å². The molecule has 3 heterocycles. The molecule has 2 aliphatic heterocycles. The van der Waals surface area contributed by atoms with Gasteiger partial charge < -0.3 is 24.3 Å². The van der Waals surface area contributed by atoms with E-state index in [1.165, 1.54) is 45.3 Å². The van der Waals surface area contributed by atoms with Gasteiger partial charge in [0.15, 0.2) is 5.96 Å². The molecule has 28 heavy (non-hydrogen) atoms. The zero-order chi connectivity index (χ0) is 19.4. The van der Waals surface area contributed by atoms with Crippen LogP contribution in [-0.2, 0) is 11.2 Å². The number of nitrogens with one attached hydrogen (secondary N) is 1. The largest absolute Gasteiger partial charge is 0.469 e. The van der Waals surface area contributed by atoms with Gasteiger partial charge in [-0.25, -0.2) is 0 Å². The molecule has 3 rings (SSSR count). The molecule has 0 saturated carbocycles. The topological polar surface area (TPSA) is 53.2 Å². The average molecular weight is 391 g/mol. The Morgan fingerprint density at radius 1 is 1.29 bits per heavy atom. The predicted octanol–water partition coefficient (Wildman–Crippen LogP) is 3.00. The van der Waals surface area contributed by atoms with E-state index in [0.29, 0.717) is 0 Å². The lowest BCUT2D eigenvalue weighted by atomic mass is 10.1. The summed E-state index contributed by atoms with van der Waals surface area (Å²) in [7, 11) is 0. The Hall–Kier alpha value is -1.53. The number of hydrogen-bond acceptors (Lipinski definition) is 4. The summed E-state index contributed by atoms with van der Waals surface area (Å²) in [4.78, 5) is 10.0. The molecule has 1 atom stereocenters. The van der Waals surface area contributed by atoms with Crippen LogP contribution in [0.15, 0.2) is 27.8 Å². The summed E-state index contributed by atoms with van der Waals surface area (Å²) in [5.41, 5.74) is 0. The first-order valence-electron chi connectivity index (χ1n) is 11.2. The zero-order valence-electron chi connectivity index (χ0n) is 17.6. The van der Waals surface area contributed by atoms with E-state index in [9.17, 15) is 0 Å². The molecule has 2 fully saturated rings. The number of likely N-dealkylation sites (tertiary alicyclic amines) is 2. The van der Waals surface area contributed by atoms with Crippen molar-refractivity contribution in [1.82, 2.24) is 15.1 Å². The van der Waals surface area contributed by atoms with Crippen molar-refractivity contribution in [1.29, 1.82) is 0 Å². The first-order chi connectivity index (χ1) is 13.8. The minimum absolute atomic E-state index is 0.763. The Balaban J connectivity index is 1.47. The summed E-state index contributed by atoms with van der Waals surface area (Å²) >= 11 is 0. The number of furan rings is 1. The van der Waals surface area contributed by atoms with Crippen molar-refractivity contribution >= 4 is 5.96 Å². The lowest BCUT2D eigenvalue weighted by Gasteiger charge is -2.29. The van der Waals surface area contributed by atoms with E-state index in [2.05, 4.69) is 15.1 Å². The minimum atomic E-state index is 0.763. The van der Waals surface area contributed by atoms with Crippen molar-refractivity contribution < 1.29 is 9.15 Å². The van der Waals surface area contributed by atoms with E-state index in [1.54, 1.807) is 6.26 Å². The number of hydrogen-bond donors (Lipinski definition) is 1. The maximum atomic E-state index is 5.45. The van der Waals surface area contributed by atoms with Crippen LogP contribution in [0.3, 0.4) is 0 Å². The van der Waals surface area contributed by atoms with Crippen LogP contribution in [0.1, 0.15) is 44.8 Å². The van der Waals surface area contributed by atoms with Crippen LogP contribution in [0.2, 0.25) is 0 Å². The summed E-state index contributed by atoms with van der Waals surface area (Å²) in [6.45, 7) is 11.3. The van der Waals surface area contributed by atoms with Gasteiger partial charge in [-0.05, 0) is 63.7 Å². The zero-order valence-corrected chi connectivity index (χ0v) is 17.6. The molecule has 0 radical (unpaired) electrons. The van der Waals surface area contributed by atoms with Crippen LogP contribution in [-0.4, -0.2) is 74.8 Å². The summed E-state index contributed by atoms with van der Waals surface area (Å²) in [5, 5.41) is 3.58. The molecule has 158 valence electrons. The molecule has 6 nitrogen and oxygen atoms in total. The van der Waals surface area contributed by atoms with Crippen molar-refractivity contribution in [3.63, 3.8) is 0 Å². The maximum absolute atomic E-state index is 5.45. The van der Waals surface area contributed by atoms with Crippen LogP contribution in [0.5, 0.6) is 0 Å². The second-order valence-electron chi connectivity index (χ2n) is 7.97. The van der Waals surface area contributed by atoms with Crippen molar-refractivity contribution in [3.8, 4) is 0 Å². The third-order valence-corrected chi connectivity index (χ3v) is 5.70. The third-order valence-electron chi connectivity index (χ3n) is 5.70. The molecule has 2 saturated heterocycles. The highest BCUT2D eigenvalue weighted by atomic mass is 16.5. The summed E-state index contributed by atoms with van der Waals surface area (Å²) in [6.07, 6.45) is 9.02. The standard InChI is InChI=1S/C22H38N4O2/c1-2-27-16-7-11-23-22(24-12-9-21-8-6-17-28-21)26-15-10-20(19-26)18-25-13-4-3-5-14-25/h6,8,17,20H,2-5,7,9-16,18-19H2,1H3,(H,23,24). The van der Waals surface area contributed by atoms with Gasteiger partial charge in [-0.15, -0.1) is 0 Å². The highest BCUT2D eigenvalue weighted by molar-refractivity contribution is 5.80. The van der Waals surface area contributed by atoms with Gasteiger partial charge >= 0.3 is 0 Å². The fourth-order valence-electron chi connectivity index (χ4n) is 4.20. The van der Waals surface area contributed by atoms with Crippen molar-refractivity contribution in [3.05, 3.63) is 24.2 Å². The molecule has 0 bridgehead atoms. The smallest absolute Gasteiger partial charge is 0.193 e. The van der Waals surface area contributed by atoms with E-state index >= 15 is 0 Å². The molecular formula is C22H38N4O2. The molecule has 0 spiro atoms. The third kappa shape index (κ3) is 7.13. The van der Waals surface area contributed by atoms with Gasteiger partial charge in [0.25, 0.3) is 0 Å². The summed E-state index contributed by atoms with van der Waals surface area (Å²) < 4.78 is 10.9. The SMILES string of the molecule is CCOCCCN=C(NCCc1ccco1)N1CCC(CN2CCCCC2)C1. The second kappa shape index (κ2) is 12.1. The van der Waals surface area contributed by atoms with Gasteiger partial charge in [0.1, 0.15) is 5.76 Å². The quantitative estimate of drug-likeness (QED) is 0.378. The lowest BCUT2D eigenvalue weighted by Crippen LogP contribution is -2.42. The first-order valence-corrected chi connectivity index (χ1v) is 11.2. The maximum Gasteiger partial charge on any atom is 0.193 e. The van der Waals surface area contributed by atoms with Gasteiger partial charge in [0.2, 0.25) is 0 Å². The molecule has 0 amide bonds.